The van der Waals surface area contributed by atoms with Crippen molar-refractivity contribution in [3.8, 4) is 16.9 Å². The van der Waals surface area contributed by atoms with E-state index in [1.54, 1.807) is 12.1 Å². The van der Waals surface area contributed by atoms with Crippen molar-refractivity contribution in [2.24, 2.45) is 0 Å². The number of benzene rings is 2. The third-order valence-corrected chi connectivity index (χ3v) is 3.36. The highest BCUT2D eigenvalue weighted by Gasteiger charge is 2.30. The molecule has 1 aliphatic rings. The van der Waals surface area contributed by atoms with Crippen LogP contribution in [0.5, 0.6) is 5.75 Å². The van der Waals surface area contributed by atoms with Crippen molar-refractivity contribution in [2.45, 2.75) is 12.7 Å². The molecule has 0 aromatic heterocycles. The van der Waals surface area contributed by atoms with Gasteiger partial charge in [-0.3, -0.25) is 0 Å². The van der Waals surface area contributed by atoms with E-state index in [-0.39, 0.29) is 5.56 Å². The van der Waals surface area contributed by atoms with E-state index >= 15 is 0 Å². The summed E-state index contributed by atoms with van der Waals surface area (Å²) >= 11 is 0. The Morgan fingerprint density at radius 2 is 1.65 bits per heavy atom. The fourth-order valence-corrected chi connectivity index (χ4v) is 2.20. The zero-order chi connectivity index (χ0) is 16.6. The molecule has 4 nitrogen and oxygen atoms in total. The first-order chi connectivity index (χ1) is 10.9. The predicted molar refractivity (Wildman–Crippen MR) is 73.7 cm³/mol. The van der Waals surface area contributed by atoms with Crippen molar-refractivity contribution in [3.05, 3.63) is 53.6 Å². The van der Waals surface area contributed by atoms with Crippen LogP contribution in [0.15, 0.2) is 42.5 Å². The van der Waals surface area contributed by atoms with Gasteiger partial charge in [-0.15, -0.1) is 0 Å². The van der Waals surface area contributed by atoms with E-state index in [9.17, 15) is 18.0 Å². The van der Waals surface area contributed by atoms with Crippen molar-refractivity contribution >= 4 is 5.97 Å². The molecule has 1 atom stereocenters. The Balaban J connectivity index is 1.93. The molecular formula is C16H11F3O4. The van der Waals surface area contributed by atoms with Crippen LogP contribution in [0.1, 0.15) is 15.9 Å². The Hall–Kier alpha value is -2.54. The van der Waals surface area contributed by atoms with Crippen LogP contribution in [-0.2, 0) is 15.7 Å². The average Bonchev–Trinajstić information content (AvgIpc) is 2.53. The number of cyclic esters (lactones) is 1. The van der Waals surface area contributed by atoms with Crippen LogP contribution in [0.3, 0.4) is 0 Å². The molecule has 1 heterocycles. The number of esters is 1. The first-order valence-electron chi connectivity index (χ1n) is 6.60. The number of carbonyl (C=O) groups is 1. The van der Waals surface area contributed by atoms with Gasteiger partial charge in [0, 0.05) is 7.11 Å². The zero-order valence-electron chi connectivity index (χ0n) is 11.9. The summed E-state index contributed by atoms with van der Waals surface area (Å²) < 4.78 is 52.7. The predicted octanol–water partition coefficient (Wildman–Crippen LogP) is 3.85. The summed E-state index contributed by atoms with van der Waals surface area (Å²) in [5.74, 6) is -0.323. The SMILES string of the molecule is COC1OC(=O)c2cc(-c3ccc(C(F)(F)F)cc3)ccc2O1. The maximum Gasteiger partial charge on any atom is 0.416 e. The number of hydrogen-bond acceptors (Lipinski definition) is 4. The van der Waals surface area contributed by atoms with Gasteiger partial charge in [-0.1, -0.05) is 18.2 Å². The lowest BCUT2D eigenvalue weighted by Gasteiger charge is -2.24. The molecular weight excluding hydrogens is 313 g/mol. The van der Waals surface area contributed by atoms with Crippen LogP contribution in [0.2, 0.25) is 0 Å². The molecule has 0 bridgehead atoms. The van der Waals surface area contributed by atoms with Crippen LogP contribution in [0.4, 0.5) is 13.2 Å². The molecule has 0 aliphatic carbocycles. The smallest absolute Gasteiger partial charge is 0.416 e. The lowest BCUT2D eigenvalue weighted by Crippen LogP contribution is -2.31. The zero-order valence-corrected chi connectivity index (χ0v) is 11.9. The van der Waals surface area contributed by atoms with E-state index < -0.39 is 24.2 Å². The second-order valence-corrected chi connectivity index (χ2v) is 4.83. The van der Waals surface area contributed by atoms with Gasteiger partial charge in [-0.2, -0.15) is 13.2 Å². The Bertz CT molecular complexity index is 738. The molecule has 2 aromatic rings. The molecule has 0 fully saturated rings. The summed E-state index contributed by atoms with van der Waals surface area (Å²) in [7, 11) is 1.33. The maximum absolute atomic E-state index is 12.6. The van der Waals surface area contributed by atoms with Crippen LogP contribution < -0.4 is 4.74 Å². The molecule has 1 aliphatic heterocycles. The summed E-state index contributed by atoms with van der Waals surface area (Å²) in [5.41, 5.74) is 0.581. The van der Waals surface area contributed by atoms with Gasteiger partial charge in [-0.05, 0) is 35.4 Å². The second kappa shape index (κ2) is 5.58. The molecule has 0 N–H and O–H groups in total. The lowest BCUT2D eigenvalue weighted by atomic mass is 10.0. The molecule has 0 radical (unpaired) electrons. The fourth-order valence-electron chi connectivity index (χ4n) is 2.20. The third kappa shape index (κ3) is 3.00. The number of rotatable bonds is 2. The molecule has 0 spiro atoms. The van der Waals surface area contributed by atoms with Gasteiger partial charge in [0.1, 0.15) is 11.3 Å². The normalized spacial score (nSPS) is 17.2. The van der Waals surface area contributed by atoms with Gasteiger partial charge in [0.25, 0.3) is 0 Å². The number of ether oxygens (including phenoxy) is 3. The molecule has 7 heteroatoms. The van der Waals surface area contributed by atoms with Crippen molar-refractivity contribution in [1.82, 2.24) is 0 Å². The van der Waals surface area contributed by atoms with E-state index in [1.165, 1.54) is 25.3 Å². The summed E-state index contributed by atoms with van der Waals surface area (Å²) in [6, 6.07) is 9.37. The minimum Gasteiger partial charge on any atom is -0.431 e. The minimum absolute atomic E-state index is 0.190. The quantitative estimate of drug-likeness (QED) is 0.787. The number of carbonyl (C=O) groups excluding carboxylic acids is 1. The summed E-state index contributed by atoms with van der Waals surface area (Å²) in [5, 5.41) is 0. The molecule has 0 saturated heterocycles. The highest BCUT2D eigenvalue weighted by Crippen LogP contribution is 2.33. The van der Waals surface area contributed by atoms with Crippen molar-refractivity contribution in [2.75, 3.05) is 7.11 Å². The van der Waals surface area contributed by atoms with E-state index in [0.29, 0.717) is 16.9 Å². The number of halogens is 3. The second-order valence-electron chi connectivity index (χ2n) is 4.83. The standard InChI is InChI=1S/C16H11F3O4/c1-21-15-22-13-7-4-10(8-12(13)14(20)23-15)9-2-5-11(6-3-9)16(17,18)19/h2-8,15H,1H3. The van der Waals surface area contributed by atoms with E-state index in [2.05, 4.69) is 0 Å². The summed E-state index contributed by atoms with van der Waals surface area (Å²) in [4.78, 5) is 11.9. The Morgan fingerprint density at radius 3 is 2.26 bits per heavy atom. The van der Waals surface area contributed by atoms with E-state index in [4.69, 9.17) is 14.2 Å². The van der Waals surface area contributed by atoms with E-state index in [1.807, 2.05) is 0 Å². The largest absolute Gasteiger partial charge is 0.431 e. The minimum atomic E-state index is -4.39. The molecule has 23 heavy (non-hydrogen) atoms. The molecule has 3 rings (SSSR count). The molecule has 0 amide bonds. The Kier molecular flexibility index (Phi) is 3.73. The highest BCUT2D eigenvalue weighted by atomic mass is 19.4. The first kappa shape index (κ1) is 15.4. The Labute approximate surface area is 129 Å². The van der Waals surface area contributed by atoms with Gasteiger partial charge in [0.2, 0.25) is 0 Å². The van der Waals surface area contributed by atoms with Crippen molar-refractivity contribution in [1.29, 1.82) is 0 Å². The monoisotopic (exact) mass is 324 g/mol. The number of hydrogen-bond donors (Lipinski definition) is 0. The summed E-state index contributed by atoms with van der Waals surface area (Å²) in [6.45, 7) is -1.10. The van der Waals surface area contributed by atoms with Crippen LogP contribution in [-0.4, -0.2) is 19.6 Å². The van der Waals surface area contributed by atoms with Crippen LogP contribution in [0, 0.1) is 0 Å². The number of methoxy groups -OCH3 is 1. The maximum atomic E-state index is 12.6. The van der Waals surface area contributed by atoms with Gasteiger partial charge in [0.15, 0.2) is 0 Å². The lowest BCUT2D eigenvalue weighted by molar-refractivity contribution is -0.208. The van der Waals surface area contributed by atoms with Crippen LogP contribution in [0.25, 0.3) is 11.1 Å². The van der Waals surface area contributed by atoms with Crippen LogP contribution >= 0.6 is 0 Å². The highest BCUT2D eigenvalue weighted by molar-refractivity contribution is 5.95. The van der Waals surface area contributed by atoms with E-state index in [0.717, 1.165) is 12.1 Å². The van der Waals surface area contributed by atoms with Gasteiger partial charge in [0.05, 0.1) is 5.56 Å². The third-order valence-electron chi connectivity index (χ3n) is 3.36. The molecule has 120 valence electrons. The average molecular weight is 324 g/mol. The topological polar surface area (TPSA) is 44.8 Å². The molecule has 0 saturated carbocycles. The van der Waals surface area contributed by atoms with Crippen molar-refractivity contribution < 1.29 is 32.2 Å². The number of fused-ring (bicyclic) bond motifs is 1. The van der Waals surface area contributed by atoms with Crippen molar-refractivity contribution in [3.63, 3.8) is 0 Å². The van der Waals surface area contributed by atoms with Gasteiger partial charge >= 0.3 is 18.6 Å². The molecule has 1 unspecified atom stereocenters. The summed E-state index contributed by atoms with van der Waals surface area (Å²) in [6.07, 6.45) is -4.39. The number of alkyl halides is 3. The first-order valence-corrected chi connectivity index (χ1v) is 6.60. The van der Waals surface area contributed by atoms with Gasteiger partial charge < -0.3 is 14.2 Å². The Morgan fingerprint density at radius 1 is 1.00 bits per heavy atom. The van der Waals surface area contributed by atoms with Gasteiger partial charge in [-0.25, -0.2) is 4.79 Å². The molecule has 2 aromatic carbocycles. The fraction of sp³-hybridized carbons (Fsp3) is 0.188.